The molecule has 8 heteroatoms. The summed E-state index contributed by atoms with van der Waals surface area (Å²) in [6.45, 7) is 0.151. The fourth-order valence-corrected chi connectivity index (χ4v) is 3.66. The number of hydrogen-bond donors (Lipinski definition) is 3. The first-order valence-electron chi connectivity index (χ1n) is 5.63. The van der Waals surface area contributed by atoms with Gasteiger partial charge in [0.15, 0.2) is 0 Å². The van der Waals surface area contributed by atoms with Crippen LogP contribution in [0.2, 0.25) is 0 Å². The Bertz CT molecular complexity index is 614. The highest BCUT2D eigenvalue weighted by molar-refractivity contribution is 7.89. The van der Waals surface area contributed by atoms with Crippen LogP contribution < -0.4 is 5.73 Å². The average Bonchev–Trinajstić information content (AvgIpc) is 2.76. The molecule has 1 saturated heterocycles. The number of aliphatic hydroxyl groups is 1. The van der Waals surface area contributed by atoms with Gasteiger partial charge < -0.3 is 15.9 Å². The molecule has 0 spiro atoms. The molecule has 4 N–H and O–H groups in total. The number of carboxylic acids is 1. The van der Waals surface area contributed by atoms with Crippen LogP contribution in [-0.2, 0) is 10.0 Å². The molecule has 0 radical (unpaired) electrons. The average molecular weight is 286 g/mol. The number of anilines is 1. The van der Waals surface area contributed by atoms with Crippen molar-refractivity contribution >= 4 is 21.7 Å². The van der Waals surface area contributed by atoms with Crippen molar-refractivity contribution < 1.29 is 23.4 Å². The molecule has 0 aliphatic carbocycles. The number of nitrogens with zero attached hydrogens (tertiary/aromatic N) is 1. The van der Waals surface area contributed by atoms with E-state index in [4.69, 9.17) is 10.8 Å². The fourth-order valence-electron chi connectivity index (χ4n) is 2.01. The van der Waals surface area contributed by atoms with E-state index in [0.29, 0.717) is 6.42 Å². The molecule has 1 aromatic carbocycles. The molecule has 0 aromatic heterocycles. The van der Waals surface area contributed by atoms with Crippen LogP contribution >= 0.6 is 0 Å². The monoisotopic (exact) mass is 286 g/mol. The first kappa shape index (κ1) is 13.8. The number of rotatable bonds is 3. The van der Waals surface area contributed by atoms with Crippen LogP contribution in [0.4, 0.5) is 5.69 Å². The number of sulfonamides is 1. The van der Waals surface area contributed by atoms with Gasteiger partial charge in [-0.2, -0.15) is 4.31 Å². The number of carbonyl (C=O) groups is 1. The normalized spacial score (nSPS) is 20.6. The highest BCUT2D eigenvalue weighted by Crippen LogP contribution is 2.25. The zero-order valence-corrected chi connectivity index (χ0v) is 10.8. The largest absolute Gasteiger partial charge is 0.478 e. The molecule has 1 aromatic rings. The van der Waals surface area contributed by atoms with Crippen LogP contribution in [0.5, 0.6) is 0 Å². The van der Waals surface area contributed by atoms with Gasteiger partial charge in [-0.05, 0) is 24.6 Å². The highest BCUT2D eigenvalue weighted by atomic mass is 32.2. The summed E-state index contributed by atoms with van der Waals surface area (Å²) in [5, 5.41) is 18.5. The SMILES string of the molecule is Nc1ccc(S(=O)(=O)N2CC[C@@H](O)C2)c(C(=O)O)c1. The number of nitrogens with two attached hydrogens (primary N) is 1. The maximum absolute atomic E-state index is 12.3. The van der Waals surface area contributed by atoms with Gasteiger partial charge in [0, 0.05) is 18.8 Å². The molecule has 7 nitrogen and oxygen atoms in total. The van der Waals surface area contributed by atoms with Crippen molar-refractivity contribution in [2.24, 2.45) is 0 Å². The number of nitrogen functional groups attached to an aromatic ring is 1. The first-order chi connectivity index (χ1) is 8.82. The Hall–Kier alpha value is -1.64. The second kappa shape index (κ2) is 4.80. The molecule has 104 valence electrons. The summed E-state index contributed by atoms with van der Waals surface area (Å²) in [6, 6.07) is 3.63. The van der Waals surface area contributed by atoms with E-state index in [1.807, 2.05) is 0 Å². The molecule has 1 aliphatic heterocycles. The van der Waals surface area contributed by atoms with Crippen molar-refractivity contribution in [2.75, 3.05) is 18.8 Å². The van der Waals surface area contributed by atoms with Gasteiger partial charge in [0.25, 0.3) is 0 Å². The molecule has 0 bridgehead atoms. The van der Waals surface area contributed by atoms with E-state index in [-0.39, 0.29) is 29.2 Å². The molecular weight excluding hydrogens is 272 g/mol. The van der Waals surface area contributed by atoms with Crippen LogP contribution in [-0.4, -0.2) is 48.1 Å². The minimum absolute atomic E-state index is 0.0221. The molecule has 1 aliphatic rings. The summed E-state index contributed by atoms with van der Waals surface area (Å²) in [7, 11) is -3.93. The lowest BCUT2D eigenvalue weighted by atomic mass is 10.2. The lowest BCUT2D eigenvalue weighted by molar-refractivity contribution is 0.0692. The van der Waals surface area contributed by atoms with Crippen molar-refractivity contribution in [3.8, 4) is 0 Å². The van der Waals surface area contributed by atoms with Crippen LogP contribution in [0.3, 0.4) is 0 Å². The summed E-state index contributed by atoms with van der Waals surface area (Å²) in [6.07, 6.45) is -0.367. The van der Waals surface area contributed by atoms with Gasteiger partial charge in [-0.1, -0.05) is 0 Å². The van der Waals surface area contributed by atoms with Gasteiger partial charge in [-0.3, -0.25) is 0 Å². The van der Waals surface area contributed by atoms with Crippen molar-refractivity contribution in [3.05, 3.63) is 23.8 Å². The number of hydrogen-bond acceptors (Lipinski definition) is 5. The Kier molecular flexibility index (Phi) is 3.48. The Labute approximate surface area is 110 Å². The van der Waals surface area contributed by atoms with Crippen molar-refractivity contribution in [1.29, 1.82) is 0 Å². The van der Waals surface area contributed by atoms with Crippen LogP contribution in [0.1, 0.15) is 16.8 Å². The summed E-state index contributed by atoms with van der Waals surface area (Å²) >= 11 is 0. The second-order valence-corrected chi connectivity index (χ2v) is 6.27. The molecule has 0 amide bonds. The third-order valence-corrected chi connectivity index (χ3v) is 4.90. The quantitative estimate of drug-likeness (QED) is 0.657. The van der Waals surface area contributed by atoms with Crippen LogP contribution in [0, 0.1) is 0 Å². The Morgan fingerprint density at radius 2 is 2.11 bits per heavy atom. The molecule has 1 atom stereocenters. The van der Waals surface area contributed by atoms with Gasteiger partial charge in [-0.15, -0.1) is 0 Å². The Morgan fingerprint density at radius 3 is 2.63 bits per heavy atom. The van der Waals surface area contributed by atoms with E-state index in [9.17, 15) is 18.3 Å². The van der Waals surface area contributed by atoms with Crippen LogP contribution in [0.15, 0.2) is 23.1 Å². The predicted octanol–water partition coefficient (Wildman–Crippen LogP) is -0.278. The molecule has 2 rings (SSSR count). The summed E-state index contributed by atoms with van der Waals surface area (Å²) < 4.78 is 25.7. The topological polar surface area (TPSA) is 121 Å². The van der Waals surface area contributed by atoms with Crippen LogP contribution in [0.25, 0.3) is 0 Å². The minimum atomic E-state index is -3.93. The molecule has 19 heavy (non-hydrogen) atoms. The second-order valence-electron chi connectivity index (χ2n) is 4.37. The summed E-state index contributed by atoms with van der Waals surface area (Å²) in [4.78, 5) is 10.8. The lowest BCUT2D eigenvalue weighted by Gasteiger charge is -2.17. The third kappa shape index (κ3) is 2.55. The Balaban J connectivity index is 2.49. The number of benzene rings is 1. The maximum atomic E-state index is 12.3. The van der Waals surface area contributed by atoms with Crippen molar-refractivity contribution in [3.63, 3.8) is 0 Å². The smallest absolute Gasteiger partial charge is 0.337 e. The van der Waals surface area contributed by atoms with Crippen molar-refractivity contribution in [2.45, 2.75) is 17.4 Å². The van der Waals surface area contributed by atoms with Gasteiger partial charge in [0.1, 0.15) is 0 Å². The molecule has 1 fully saturated rings. The highest BCUT2D eigenvalue weighted by Gasteiger charge is 2.34. The number of β-amino-alcohol motifs (C(OH)–C–C–N with tert-alkyl or cyclic N) is 1. The Morgan fingerprint density at radius 1 is 1.42 bits per heavy atom. The molecule has 1 heterocycles. The number of aromatic carboxylic acids is 1. The van der Waals surface area contributed by atoms with E-state index in [1.54, 1.807) is 0 Å². The van der Waals surface area contributed by atoms with Gasteiger partial charge >= 0.3 is 5.97 Å². The van der Waals surface area contributed by atoms with Gasteiger partial charge in [0.2, 0.25) is 10.0 Å². The standard InChI is InChI=1S/C11H14N2O5S/c12-7-1-2-10(9(5-7)11(15)16)19(17,18)13-4-3-8(14)6-13/h1-2,5,8,14H,3-4,6,12H2,(H,15,16)/t8-/m1/s1. The zero-order valence-electron chi connectivity index (χ0n) is 9.98. The lowest BCUT2D eigenvalue weighted by Crippen LogP contribution is -2.31. The number of carboxylic acid groups (broad SMARTS) is 1. The van der Waals surface area contributed by atoms with E-state index >= 15 is 0 Å². The van der Waals surface area contributed by atoms with E-state index in [0.717, 1.165) is 10.4 Å². The predicted molar refractivity (Wildman–Crippen MR) is 67.2 cm³/mol. The summed E-state index contributed by atoms with van der Waals surface area (Å²) in [5.74, 6) is -1.36. The summed E-state index contributed by atoms with van der Waals surface area (Å²) in [5.41, 5.74) is 5.29. The third-order valence-electron chi connectivity index (χ3n) is 2.98. The van der Waals surface area contributed by atoms with Gasteiger partial charge in [0.05, 0.1) is 16.6 Å². The molecular formula is C11H14N2O5S. The molecule has 0 saturated carbocycles. The van der Waals surface area contributed by atoms with Crippen molar-refractivity contribution in [1.82, 2.24) is 4.31 Å². The van der Waals surface area contributed by atoms with Gasteiger partial charge in [-0.25, -0.2) is 13.2 Å². The van der Waals surface area contributed by atoms with E-state index in [1.165, 1.54) is 12.1 Å². The zero-order chi connectivity index (χ0) is 14.2. The van der Waals surface area contributed by atoms with E-state index < -0.39 is 22.1 Å². The maximum Gasteiger partial charge on any atom is 0.337 e. The molecule has 0 unspecified atom stereocenters. The van der Waals surface area contributed by atoms with E-state index in [2.05, 4.69) is 0 Å². The minimum Gasteiger partial charge on any atom is -0.478 e. The first-order valence-corrected chi connectivity index (χ1v) is 7.07. The fraction of sp³-hybridized carbons (Fsp3) is 0.364. The number of aliphatic hydroxyl groups excluding tert-OH is 1.